The fourth-order valence-corrected chi connectivity index (χ4v) is 4.91. The van der Waals surface area contributed by atoms with Gasteiger partial charge in [0.25, 0.3) is 0 Å². The van der Waals surface area contributed by atoms with Crippen molar-refractivity contribution in [3.8, 4) is 5.75 Å². The molecular formula is C32H31F2IN2O3. The van der Waals surface area contributed by atoms with Gasteiger partial charge >= 0.3 is 0 Å². The summed E-state index contributed by atoms with van der Waals surface area (Å²) in [6.45, 7) is 1.15. The highest BCUT2D eigenvalue weighted by atomic mass is 127. The second-order valence-corrected chi connectivity index (χ2v) is 10.8. The number of nitrogens with one attached hydrogen (secondary N) is 2. The van der Waals surface area contributed by atoms with E-state index >= 15 is 0 Å². The number of aliphatic hydroxyl groups is 1. The first kappa shape index (κ1) is 29.6. The molecule has 0 radical (unpaired) electrons. The minimum atomic E-state index is -0.994. The molecule has 3 N–H and O–H groups in total. The summed E-state index contributed by atoms with van der Waals surface area (Å²) in [4.78, 5) is 13.0. The first-order valence-electron chi connectivity index (χ1n) is 13.0. The Bertz CT molecular complexity index is 1370. The van der Waals surface area contributed by atoms with Gasteiger partial charge in [0.2, 0.25) is 5.91 Å². The van der Waals surface area contributed by atoms with Crippen LogP contribution in [0.2, 0.25) is 0 Å². The van der Waals surface area contributed by atoms with E-state index < -0.39 is 23.8 Å². The van der Waals surface area contributed by atoms with Crippen LogP contribution in [0.1, 0.15) is 22.3 Å². The van der Waals surface area contributed by atoms with Crippen molar-refractivity contribution in [2.24, 2.45) is 0 Å². The Morgan fingerprint density at radius 2 is 1.52 bits per heavy atom. The van der Waals surface area contributed by atoms with Gasteiger partial charge in [-0.05, 0) is 87.7 Å². The number of carbonyl (C=O) groups is 1. The van der Waals surface area contributed by atoms with E-state index in [1.165, 1.54) is 12.1 Å². The fraction of sp³-hybridized carbons (Fsp3) is 0.219. The zero-order valence-corrected chi connectivity index (χ0v) is 24.0. The van der Waals surface area contributed by atoms with Crippen LogP contribution in [0.4, 0.5) is 8.78 Å². The van der Waals surface area contributed by atoms with Crippen molar-refractivity contribution in [1.82, 2.24) is 10.6 Å². The van der Waals surface area contributed by atoms with Crippen molar-refractivity contribution in [3.63, 3.8) is 0 Å². The van der Waals surface area contributed by atoms with Gasteiger partial charge in [-0.15, -0.1) is 0 Å². The third kappa shape index (κ3) is 9.69. The SMILES string of the molecule is O=C(Cc1ccc(OCc2ccccc2)cc1)N[C@@H](Cc1cc(F)cc(F)c1)[C@@H](O)CNCc1cccc(I)c1. The van der Waals surface area contributed by atoms with Crippen molar-refractivity contribution in [1.29, 1.82) is 0 Å². The normalized spacial score (nSPS) is 12.5. The zero-order valence-electron chi connectivity index (χ0n) is 21.8. The zero-order chi connectivity index (χ0) is 28.3. The molecule has 0 saturated heterocycles. The van der Waals surface area contributed by atoms with Crippen LogP contribution in [-0.2, 0) is 30.8 Å². The molecule has 2 atom stereocenters. The molecule has 8 heteroatoms. The molecule has 0 unspecified atom stereocenters. The van der Waals surface area contributed by atoms with Crippen LogP contribution in [-0.4, -0.2) is 29.7 Å². The molecule has 208 valence electrons. The Morgan fingerprint density at radius 3 is 2.23 bits per heavy atom. The number of aliphatic hydroxyl groups excluding tert-OH is 1. The van der Waals surface area contributed by atoms with E-state index in [-0.39, 0.29) is 25.3 Å². The van der Waals surface area contributed by atoms with E-state index in [9.17, 15) is 18.7 Å². The highest BCUT2D eigenvalue weighted by Gasteiger charge is 2.22. The predicted molar refractivity (Wildman–Crippen MR) is 160 cm³/mol. The summed E-state index contributed by atoms with van der Waals surface area (Å²) in [5.74, 6) is -1.04. The second-order valence-electron chi connectivity index (χ2n) is 9.58. The summed E-state index contributed by atoms with van der Waals surface area (Å²) in [5, 5.41) is 17.0. The number of ether oxygens (including phenoxy) is 1. The lowest BCUT2D eigenvalue weighted by Crippen LogP contribution is -2.49. The maximum absolute atomic E-state index is 13.8. The number of benzene rings is 4. The van der Waals surface area contributed by atoms with E-state index in [0.29, 0.717) is 24.5 Å². The maximum Gasteiger partial charge on any atom is 0.224 e. The highest BCUT2D eigenvalue weighted by Crippen LogP contribution is 2.16. The molecular weight excluding hydrogens is 625 g/mol. The van der Waals surface area contributed by atoms with Gasteiger partial charge in [0.1, 0.15) is 24.0 Å². The molecule has 0 heterocycles. The molecule has 0 fully saturated rings. The molecule has 5 nitrogen and oxygen atoms in total. The first-order valence-corrected chi connectivity index (χ1v) is 14.0. The van der Waals surface area contributed by atoms with Crippen LogP contribution in [0.15, 0.2) is 97.1 Å². The monoisotopic (exact) mass is 656 g/mol. The Balaban J connectivity index is 1.36. The summed E-state index contributed by atoms with van der Waals surface area (Å²) in [5.41, 5.74) is 3.23. The summed E-state index contributed by atoms with van der Waals surface area (Å²) in [6, 6.07) is 27.5. The Hall–Kier alpha value is -3.34. The second kappa shape index (κ2) is 14.9. The highest BCUT2D eigenvalue weighted by molar-refractivity contribution is 14.1. The summed E-state index contributed by atoms with van der Waals surface area (Å²) in [7, 11) is 0. The van der Waals surface area contributed by atoms with Gasteiger partial charge < -0.3 is 20.5 Å². The molecule has 0 bridgehead atoms. The van der Waals surface area contributed by atoms with Crippen molar-refractivity contribution >= 4 is 28.5 Å². The first-order chi connectivity index (χ1) is 19.3. The van der Waals surface area contributed by atoms with E-state index in [2.05, 4.69) is 33.2 Å². The van der Waals surface area contributed by atoms with Gasteiger partial charge in [0.15, 0.2) is 0 Å². The van der Waals surface area contributed by atoms with Crippen LogP contribution in [0.5, 0.6) is 5.75 Å². The third-order valence-electron chi connectivity index (χ3n) is 6.30. The average Bonchev–Trinajstić information content (AvgIpc) is 2.92. The van der Waals surface area contributed by atoms with Gasteiger partial charge in [-0.1, -0.05) is 54.6 Å². The van der Waals surface area contributed by atoms with Crippen molar-refractivity contribution in [3.05, 3.63) is 135 Å². The standard InChI is InChI=1S/C32H31F2IN2O3/c33-26-13-25(14-27(34)18-26)16-30(31(38)20-36-19-24-7-4-8-28(35)15-24)37-32(39)17-22-9-11-29(12-10-22)40-21-23-5-2-1-3-6-23/h1-15,18,30-31,36,38H,16-17,19-21H2,(H,37,39)/t30-,31-/m0/s1. The topological polar surface area (TPSA) is 70.6 Å². The Labute approximate surface area is 246 Å². The van der Waals surface area contributed by atoms with Crippen LogP contribution < -0.4 is 15.4 Å². The molecule has 40 heavy (non-hydrogen) atoms. The molecule has 1 amide bonds. The molecule has 4 aromatic rings. The molecule has 0 saturated carbocycles. The lowest BCUT2D eigenvalue weighted by atomic mass is 10.00. The van der Waals surface area contributed by atoms with E-state index in [0.717, 1.165) is 26.3 Å². The van der Waals surface area contributed by atoms with Gasteiger partial charge in [-0.3, -0.25) is 4.79 Å². The fourth-order valence-electron chi connectivity index (χ4n) is 4.31. The minimum Gasteiger partial charge on any atom is -0.489 e. The Kier molecular flexibility index (Phi) is 11.0. The van der Waals surface area contributed by atoms with E-state index in [1.54, 1.807) is 0 Å². The quantitative estimate of drug-likeness (QED) is 0.165. The largest absolute Gasteiger partial charge is 0.489 e. The number of halogens is 3. The number of hydrogen-bond donors (Lipinski definition) is 3. The molecule has 0 aromatic heterocycles. The van der Waals surface area contributed by atoms with E-state index in [1.807, 2.05) is 78.9 Å². The molecule has 4 rings (SSSR count). The smallest absolute Gasteiger partial charge is 0.224 e. The van der Waals surface area contributed by atoms with Crippen molar-refractivity contribution in [2.45, 2.75) is 38.1 Å². The molecule has 0 aliphatic rings. The van der Waals surface area contributed by atoms with Crippen LogP contribution in [0.3, 0.4) is 0 Å². The van der Waals surface area contributed by atoms with Gasteiger partial charge in [0.05, 0.1) is 18.6 Å². The lowest BCUT2D eigenvalue weighted by molar-refractivity contribution is -0.122. The van der Waals surface area contributed by atoms with Crippen LogP contribution in [0.25, 0.3) is 0 Å². The van der Waals surface area contributed by atoms with Gasteiger partial charge in [-0.25, -0.2) is 8.78 Å². The lowest BCUT2D eigenvalue weighted by Gasteiger charge is -2.25. The summed E-state index contributed by atoms with van der Waals surface area (Å²) >= 11 is 2.24. The van der Waals surface area contributed by atoms with Crippen LogP contribution in [0, 0.1) is 15.2 Å². The minimum absolute atomic E-state index is 0.0682. The molecule has 0 spiro atoms. The van der Waals surface area contributed by atoms with Crippen LogP contribution >= 0.6 is 22.6 Å². The third-order valence-corrected chi connectivity index (χ3v) is 6.97. The Morgan fingerprint density at radius 1 is 0.825 bits per heavy atom. The van der Waals surface area contributed by atoms with Crippen molar-refractivity contribution < 1.29 is 23.4 Å². The predicted octanol–water partition coefficient (Wildman–Crippen LogP) is 5.57. The number of amides is 1. The van der Waals surface area contributed by atoms with Gasteiger partial charge in [-0.2, -0.15) is 0 Å². The number of hydrogen-bond acceptors (Lipinski definition) is 4. The number of rotatable bonds is 13. The molecule has 0 aliphatic carbocycles. The summed E-state index contributed by atoms with van der Waals surface area (Å²) < 4.78 is 34.6. The summed E-state index contributed by atoms with van der Waals surface area (Å²) in [6.07, 6.45) is -0.847. The maximum atomic E-state index is 13.8. The van der Waals surface area contributed by atoms with Gasteiger partial charge in [0, 0.05) is 22.7 Å². The molecule has 0 aliphatic heterocycles. The number of carbonyl (C=O) groups excluding carboxylic acids is 1. The van der Waals surface area contributed by atoms with Crippen molar-refractivity contribution in [2.75, 3.05) is 6.54 Å². The van der Waals surface area contributed by atoms with E-state index in [4.69, 9.17) is 4.74 Å². The molecule has 4 aromatic carbocycles. The average molecular weight is 657 g/mol.